The van der Waals surface area contributed by atoms with Crippen LogP contribution in [0.15, 0.2) is 174 Å². The summed E-state index contributed by atoms with van der Waals surface area (Å²) in [7, 11) is 0. The third-order valence-corrected chi connectivity index (χ3v) is 9.43. The first-order valence-electron chi connectivity index (χ1n) is 16.7. The molecule has 0 spiro atoms. The molecule has 0 saturated carbocycles. The number of benzene rings is 7. The first-order chi connectivity index (χ1) is 24.8. The molecule has 0 aliphatic carbocycles. The molecule has 7 aromatic carbocycles. The highest BCUT2D eigenvalue weighted by molar-refractivity contribution is 6.17. The van der Waals surface area contributed by atoms with Gasteiger partial charge < -0.3 is 8.98 Å². The summed E-state index contributed by atoms with van der Waals surface area (Å²) >= 11 is 0. The summed E-state index contributed by atoms with van der Waals surface area (Å²) in [5, 5.41) is 4.44. The Morgan fingerprint density at radius 1 is 0.340 bits per heavy atom. The lowest BCUT2D eigenvalue weighted by Gasteiger charge is -2.10. The Labute approximate surface area is 287 Å². The molecular weight excluding hydrogens is 613 g/mol. The van der Waals surface area contributed by atoms with E-state index in [0.29, 0.717) is 17.5 Å². The zero-order valence-electron chi connectivity index (χ0n) is 26.9. The maximum atomic E-state index is 6.61. The van der Waals surface area contributed by atoms with Gasteiger partial charge in [-0.15, -0.1) is 0 Å². The Hall–Kier alpha value is -6.85. The summed E-state index contributed by atoms with van der Waals surface area (Å²) in [6, 6.07) is 58.7. The molecule has 3 heterocycles. The molecule has 5 heteroatoms. The van der Waals surface area contributed by atoms with Crippen LogP contribution in [-0.4, -0.2) is 19.5 Å². The molecule has 0 saturated heterocycles. The van der Waals surface area contributed by atoms with E-state index in [9.17, 15) is 0 Å². The van der Waals surface area contributed by atoms with E-state index < -0.39 is 0 Å². The number of rotatable bonds is 5. The number of nitrogens with zero attached hydrogens (tertiary/aromatic N) is 4. The van der Waals surface area contributed by atoms with Gasteiger partial charge in [0.15, 0.2) is 17.5 Å². The predicted octanol–water partition coefficient (Wildman–Crippen LogP) is 11.5. The Balaban J connectivity index is 1.15. The van der Waals surface area contributed by atoms with Crippen molar-refractivity contribution in [3.63, 3.8) is 0 Å². The molecule has 3 aromatic heterocycles. The molecule has 0 N–H and O–H groups in total. The van der Waals surface area contributed by atoms with Crippen LogP contribution in [-0.2, 0) is 0 Å². The van der Waals surface area contributed by atoms with Gasteiger partial charge in [0.05, 0.1) is 11.0 Å². The lowest BCUT2D eigenvalue weighted by molar-refractivity contribution is 0.669. The summed E-state index contributed by atoms with van der Waals surface area (Å²) in [4.78, 5) is 14.7. The number of hydrogen-bond acceptors (Lipinski definition) is 4. The van der Waals surface area contributed by atoms with E-state index >= 15 is 0 Å². The van der Waals surface area contributed by atoms with Crippen molar-refractivity contribution in [3.8, 4) is 51.0 Å². The minimum atomic E-state index is 0.598. The molecule has 234 valence electrons. The van der Waals surface area contributed by atoms with Gasteiger partial charge in [-0.2, -0.15) is 0 Å². The van der Waals surface area contributed by atoms with Crippen molar-refractivity contribution in [2.24, 2.45) is 0 Å². The zero-order chi connectivity index (χ0) is 33.0. The van der Waals surface area contributed by atoms with Gasteiger partial charge in [0.2, 0.25) is 0 Å². The minimum Gasteiger partial charge on any atom is -0.456 e. The molecule has 10 aromatic rings. The lowest BCUT2D eigenvalue weighted by Crippen LogP contribution is -2.00. The number of aromatic nitrogens is 4. The molecule has 0 fully saturated rings. The summed E-state index contributed by atoms with van der Waals surface area (Å²) in [6.45, 7) is 0. The van der Waals surface area contributed by atoms with Gasteiger partial charge in [-0.1, -0.05) is 127 Å². The van der Waals surface area contributed by atoms with Crippen molar-refractivity contribution in [1.29, 1.82) is 0 Å². The van der Waals surface area contributed by atoms with Crippen LogP contribution in [0.4, 0.5) is 0 Å². The van der Waals surface area contributed by atoms with E-state index in [1.165, 1.54) is 16.5 Å². The van der Waals surface area contributed by atoms with Crippen LogP contribution >= 0.6 is 0 Å². The van der Waals surface area contributed by atoms with Crippen molar-refractivity contribution >= 4 is 43.7 Å². The average Bonchev–Trinajstić information content (AvgIpc) is 3.72. The summed E-state index contributed by atoms with van der Waals surface area (Å²) in [5.74, 6) is 1.86. The normalized spacial score (nSPS) is 11.6. The smallest absolute Gasteiger partial charge is 0.164 e. The van der Waals surface area contributed by atoms with Crippen molar-refractivity contribution in [2.75, 3.05) is 0 Å². The van der Waals surface area contributed by atoms with Gasteiger partial charge >= 0.3 is 0 Å². The second kappa shape index (κ2) is 11.4. The molecule has 0 unspecified atom stereocenters. The summed E-state index contributed by atoms with van der Waals surface area (Å²) < 4.78 is 8.98. The maximum Gasteiger partial charge on any atom is 0.164 e. The fraction of sp³-hybridized carbons (Fsp3) is 0. The fourth-order valence-corrected chi connectivity index (χ4v) is 7.05. The molecular formula is C45H28N4O. The van der Waals surface area contributed by atoms with Crippen molar-refractivity contribution in [2.45, 2.75) is 0 Å². The van der Waals surface area contributed by atoms with Gasteiger partial charge in [0.1, 0.15) is 11.2 Å². The van der Waals surface area contributed by atoms with Gasteiger partial charge in [0, 0.05) is 43.9 Å². The van der Waals surface area contributed by atoms with Gasteiger partial charge in [-0.05, 0) is 53.6 Å². The van der Waals surface area contributed by atoms with Gasteiger partial charge in [0.25, 0.3) is 0 Å². The highest BCUT2D eigenvalue weighted by Crippen LogP contribution is 2.39. The molecule has 0 radical (unpaired) electrons. The Kier molecular flexibility index (Phi) is 6.42. The summed E-state index contributed by atoms with van der Waals surface area (Å²) in [6.07, 6.45) is 0. The van der Waals surface area contributed by atoms with E-state index in [1.807, 2.05) is 66.7 Å². The van der Waals surface area contributed by atoms with Crippen LogP contribution in [0.5, 0.6) is 0 Å². The first-order valence-corrected chi connectivity index (χ1v) is 16.7. The quantitative estimate of drug-likeness (QED) is 0.188. The van der Waals surface area contributed by atoms with Crippen molar-refractivity contribution < 1.29 is 4.42 Å². The van der Waals surface area contributed by atoms with E-state index in [1.54, 1.807) is 0 Å². The largest absolute Gasteiger partial charge is 0.456 e. The zero-order valence-corrected chi connectivity index (χ0v) is 26.9. The molecule has 0 aliphatic heterocycles. The number of furan rings is 1. The second-order valence-corrected chi connectivity index (χ2v) is 12.5. The molecule has 0 aliphatic rings. The van der Waals surface area contributed by atoms with E-state index in [-0.39, 0.29) is 0 Å². The van der Waals surface area contributed by atoms with Crippen molar-refractivity contribution in [1.82, 2.24) is 19.5 Å². The van der Waals surface area contributed by atoms with Crippen LogP contribution < -0.4 is 0 Å². The summed E-state index contributed by atoms with van der Waals surface area (Å²) in [5.41, 5.74) is 10.2. The monoisotopic (exact) mass is 640 g/mol. The molecule has 0 bridgehead atoms. The van der Waals surface area contributed by atoms with Crippen LogP contribution in [0.1, 0.15) is 0 Å². The van der Waals surface area contributed by atoms with E-state index in [2.05, 4.69) is 108 Å². The third kappa shape index (κ3) is 4.67. The van der Waals surface area contributed by atoms with Crippen molar-refractivity contribution in [3.05, 3.63) is 170 Å². The van der Waals surface area contributed by atoms with E-state index in [4.69, 9.17) is 19.4 Å². The predicted molar refractivity (Wildman–Crippen MR) is 203 cm³/mol. The average molecular weight is 641 g/mol. The molecule has 0 amide bonds. The molecule has 50 heavy (non-hydrogen) atoms. The Morgan fingerprint density at radius 3 is 1.62 bits per heavy atom. The SMILES string of the molecule is c1ccc(-c2cccc(-n3c4ccccc4c4cc5oc6cc(-c7nc(-c8ccccc8)nc(-c8ccccc8)n7)ccc6c5cc43)c2)cc1. The highest BCUT2D eigenvalue weighted by Gasteiger charge is 2.18. The number of para-hydroxylation sites is 1. The first kappa shape index (κ1) is 28.2. The van der Waals surface area contributed by atoms with Gasteiger partial charge in [-0.25, -0.2) is 15.0 Å². The lowest BCUT2D eigenvalue weighted by atomic mass is 10.1. The fourth-order valence-electron chi connectivity index (χ4n) is 7.05. The molecule has 10 rings (SSSR count). The maximum absolute atomic E-state index is 6.61. The van der Waals surface area contributed by atoms with Gasteiger partial charge in [-0.3, -0.25) is 0 Å². The Morgan fingerprint density at radius 2 is 0.920 bits per heavy atom. The highest BCUT2D eigenvalue weighted by atomic mass is 16.3. The third-order valence-electron chi connectivity index (χ3n) is 9.43. The standard InChI is InChI=1S/C45H28N4O/c1-4-13-29(14-5-1)32-19-12-20-34(25-32)49-39-22-11-10-21-35(39)37-28-42-38(27-40(37)49)36-24-23-33(26-41(36)50-42)45-47-43(30-15-6-2-7-16-30)46-44(48-45)31-17-8-3-9-18-31/h1-28H. The van der Waals surface area contributed by atoms with Crippen LogP contribution in [0.2, 0.25) is 0 Å². The second-order valence-electron chi connectivity index (χ2n) is 12.5. The number of fused-ring (bicyclic) bond motifs is 6. The number of hydrogen-bond donors (Lipinski definition) is 0. The Bertz CT molecular complexity index is 2800. The van der Waals surface area contributed by atoms with Crippen LogP contribution in [0.25, 0.3) is 94.7 Å². The molecule has 5 nitrogen and oxygen atoms in total. The van der Waals surface area contributed by atoms with Crippen LogP contribution in [0.3, 0.4) is 0 Å². The minimum absolute atomic E-state index is 0.598. The van der Waals surface area contributed by atoms with E-state index in [0.717, 1.165) is 60.7 Å². The topological polar surface area (TPSA) is 56.7 Å². The van der Waals surface area contributed by atoms with Crippen LogP contribution in [0, 0.1) is 0 Å². The molecule has 0 atom stereocenters.